The molecule has 9 heteroatoms. The number of aromatic nitrogens is 2. The van der Waals surface area contributed by atoms with E-state index in [1.807, 2.05) is 42.2 Å². The minimum Gasteiger partial charge on any atom is -0.338 e. The second-order valence-electron chi connectivity index (χ2n) is 7.25. The zero-order valence-electron chi connectivity index (χ0n) is 17.2. The molecule has 0 radical (unpaired) electrons. The van der Waals surface area contributed by atoms with E-state index in [1.165, 1.54) is 0 Å². The number of piperazine rings is 1. The quantitative estimate of drug-likeness (QED) is 0.631. The molecule has 3 rings (SSSR count). The van der Waals surface area contributed by atoms with Crippen LogP contribution in [0.2, 0.25) is 0 Å². The van der Waals surface area contributed by atoms with Gasteiger partial charge in [-0.25, -0.2) is 4.79 Å². The summed E-state index contributed by atoms with van der Waals surface area (Å²) in [5.41, 5.74) is 1.14. The van der Waals surface area contributed by atoms with Gasteiger partial charge in [0.1, 0.15) is 0 Å². The second-order valence-corrected chi connectivity index (χ2v) is 7.25. The van der Waals surface area contributed by atoms with Gasteiger partial charge in [-0.2, -0.15) is 4.98 Å². The van der Waals surface area contributed by atoms with Crippen LogP contribution in [0.25, 0.3) is 0 Å². The topological polar surface area (TPSA) is 104 Å². The maximum atomic E-state index is 12.0. The van der Waals surface area contributed by atoms with E-state index in [4.69, 9.17) is 4.52 Å². The zero-order valence-corrected chi connectivity index (χ0v) is 17.2. The molecule has 0 aliphatic carbocycles. The molecule has 160 valence electrons. The SMILES string of the molecule is C=CCNC(=O)NC(=O)CN1CCN([C@@H](C)c2nc(Cc3ccccc3)no2)CC1. The number of carbonyl (C=O) groups is 2. The van der Waals surface area contributed by atoms with Crippen LogP contribution in [0.1, 0.15) is 30.2 Å². The van der Waals surface area contributed by atoms with Gasteiger partial charge in [0, 0.05) is 39.1 Å². The number of imide groups is 1. The summed E-state index contributed by atoms with van der Waals surface area (Å²) in [6.45, 7) is 9.05. The third-order valence-corrected chi connectivity index (χ3v) is 5.03. The Labute approximate surface area is 176 Å². The van der Waals surface area contributed by atoms with Crippen LogP contribution in [-0.2, 0) is 11.2 Å². The molecule has 1 aromatic heterocycles. The average Bonchev–Trinajstić information content (AvgIpc) is 3.21. The van der Waals surface area contributed by atoms with Crippen LogP contribution in [0.15, 0.2) is 47.5 Å². The van der Waals surface area contributed by atoms with Gasteiger partial charge in [-0.3, -0.25) is 19.9 Å². The van der Waals surface area contributed by atoms with E-state index in [9.17, 15) is 9.59 Å². The van der Waals surface area contributed by atoms with E-state index < -0.39 is 6.03 Å². The molecule has 1 aromatic carbocycles. The Morgan fingerprint density at radius 3 is 2.67 bits per heavy atom. The van der Waals surface area contributed by atoms with Crippen LogP contribution in [0.5, 0.6) is 0 Å². The van der Waals surface area contributed by atoms with Crippen molar-refractivity contribution in [1.82, 2.24) is 30.6 Å². The minimum atomic E-state index is -0.505. The van der Waals surface area contributed by atoms with Crippen LogP contribution in [0.3, 0.4) is 0 Å². The van der Waals surface area contributed by atoms with E-state index in [0.717, 1.165) is 31.7 Å². The molecule has 1 aliphatic heterocycles. The highest BCUT2D eigenvalue weighted by Gasteiger charge is 2.26. The van der Waals surface area contributed by atoms with Crippen molar-refractivity contribution in [3.8, 4) is 0 Å². The van der Waals surface area contributed by atoms with Crippen molar-refractivity contribution in [3.05, 3.63) is 60.3 Å². The number of urea groups is 1. The van der Waals surface area contributed by atoms with Gasteiger partial charge in [0.15, 0.2) is 5.82 Å². The molecular formula is C21H28N6O3. The van der Waals surface area contributed by atoms with Crippen LogP contribution in [0, 0.1) is 0 Å². The predicted molar refractivity (Wildman–Crippen MR) is 112 cm³/mol. The number of nitrogens with one attached hydrogen (secondary N) is 2. The van der Waals surface area contributed by atoms with E-state index in [0.29, 0.717) is 24.7 Å². The summed E-state index contributed by atoms with van der Waals surface area (Å²) in [5, 5.41) is 8.95. The Kier molecular flexibility index (Phi) is 7.69. The molecule has 1 saturated heterocycles. The second kappa shape index (κ2) is 10.7. The van der Waals surface area contributed by atoms with Crippen LogP contribution < -0.4 is 10.6 Å². The first-order chi connectivity index (χ1) is 14.5. The van der Waals surface area contributed by atoms with Gasteiger partial charge < -0.3 is 9.84 Å². The lowest BCUT2D eigenvalue weighted by atomic mass is 10.1. The van der Waals surface area contributed by atoms with Crippen LogP contribution in [-0.4, -0.2) is 71.1 Å². The number of amides is 3. The highest BCUT2D eigenvalue weighted by molar-refractivity contribution is 5.95. The Morgan fingerprint density at radius 1 is 1.23 bits per heavy atom. The number of carbonyl (C=O) groups excluding carboxylic acids is 2. The molecule has 1 atom stereocenters. The molecular weight excluding hydrogens is 384 g/mol. The van der Waals surface area contributed by atoms with E-state index in [2.05, 4.69) is 32.3 Å². The van der Waals surface area contributed by atoms with Crippen molar-refractivity contribution in [2.75, 3.05) is 39.3 Å². The molecule has 2 N–H and O–H groups in total. The Bertz CT molecular complexity index is 845. The van der Waals surface area contributed by atoms with Crippen molar-refractivity contribution < 1.29 is 14.1 Å². The van der Waals surface area contributed by atoms with Gasteiger partial charge >= 0.3 is 6.03 Å². The van der Waals surface area contributed by atoms with Gasteiger partial charge in [-0.05, 0) is 12.5 Å². The highest BCUT2D eigenvalue weighted by atomic mass is 16.5. The van der Waals surface area contributed by atoms with Crippen LogP contribution in [0.4, 0.5) is 4.79 Å². The number of nitrogens with zero attached hydrogens (tertiary/aromatic N) is 4. The minimum absolute atomic E-state index is 0.00248. The highest BCUT2D eigenvalue weighted by Crippen LogP contribution is 2.20. The van der Waals surface area contributed by atoms with Crippen LogP contribution >= 0.6 is 0 Å². The molecule has 1 fully saturated rings. The van der Waals surface area contributed by atoms with Crippen molar-refractivity contribution in [1.29, 1.82) is 0 Å². The van der Waals surface area contributed by atoms with Gasteiger partial charge in [-0.1, -0.05) is 41.6 Å². The fraction of sp³-hybridized carbons (Fsp3) is 0.429. The fourth-order valence-corrected chi connectivity index (χ4v) is 3.33. The lowest BCUT2D eigenvalue weighted by Crippen LogP contribution is -2.51. The lowest BCUT2D eigenvalue weighted by Gasteiger charge is -2.36. The van der Waals surface area contributed by atoms with Crippen molar-refractivity contribution in [2.45, 2.75) is 19.4 Å². The molecule has 0 bridgehead atoms. The molecule has 0 spiro atoms. The lowest BCUT2D eigenvalue weighted by molar-refractivity contribution is -0.121. The molecule has 3 amide bonds. The molecule has 0 saturated carbocycles. The Hall–Kier alpha value is -3.04. The first-order valence-electron chi connectivity index (χ1n) is 10.1. The molecule has 2 aromatic rings. The first kappa shape index (κ1) is 21.7. The monoisotopic (exact) mass is 412 g/mol. The van der Waals surface area contributed by atoms with Crippen molar-refractivity contribution in [3.63, 3.8) is 0 Å². The largest absolute Gasteiger partial charge is 0.338 e. The molecule has 1 aliphatic rings. The molecule has 30 heavy (non-hydrogen) atoms. The fourth-order valence-electron chi connectivity index (χ4n) is 3.33. The average molecular weight is 412 g/mol. The summed E-state index contributed by atoms with van der Waals surface area (Å²) in [6, 6.07) is 9.54. The Balaban J connectivity index is 1.44. The summed E-state index contributed by atoms with van der Waals surface area (Å²) < 4.78 is 5.49. The first-order valence-corrected chi connectivity index (χ1v) is 10.1. The summed E-state index contributed by atoms with van der Waals surface area (Å²) in [7, 11) is 0. The maximum Gasteiger partial charge on any atom is 0.321 e. The van der Waals surface area contributed by atoms with Gasteiger partial charge in [0.25, 0.3) is 0 Å². The number of hydrogen-bond donors (Lipinski definition) is 2. The smallest absolute Gasteiger partial charge is 0.321 e. The summed E-state index contributed by atoms with van der Waals surface area (Å²) in [5.74, 6) is 0.958. The number of hydrogen-bond acceptors (Lipinski definition) is 7. The summed E-state index contributed by atoms with van der Waals surface area (Å²) >= 11 is 0. The third kappa shape index (κ3) is 6.23. The summed E-state index contributed by atoms with van der Waals surface area (Å²) in [6.07, 6.45) is 2.19. The molecule has 2 heterocycles. The van der Waals surface area contributed by atoms with Crippen molar-refractivity contribution in [2.24, 2.45) is 0 Å². The summed E-state index contributed by atoms with van der Waals surface area (Å²) in [4.78, 5) is 32.4. The Morgan fingerprint density at radius 2 is 1.97 bits per heavy atom. The molecule has 9 nitrogen and oxygen atoms in total. The normalized spacial score (nSPS) is 16.0. The van der Waals surface area contributed by atoms with Gasteiger partial charge in [0.05, 0.1) is 12.6 Å². The standard InChI is InChI=1S/C21H28N6O3/c1-3-9-22-21(29)24-19(28)15-26-10-12-27(13-11-26)16(2)20-23-18(25-30-20)14-17-7-5-4-6-8-17/h3-8,16H,1,9-15H2,2H3,(H2,22,24,28,29)/t16-/m0/s1. The maximum absolute atomic E-state index is 12.0. The predicted octanol–water partition coefficient (Wildman–Crippen LogP) is 1.35. The zero-order chi connectivity index (χ0) is 21.3. The van der Waals surface area contributed by atoms with Crippen molar-refractivity contribution >= 4 is 11.9 Å². The van der Waals surface area contributed by atoms with E-state index >= 15 is 0 Å². The molecule has 0 unspecified atom stereocenters. The van der Waals surface area contributed by atoms with E-state index in [-0.39, 0.29) is 18.5 Å². The van der Waals surface area contributed by atoms with E-state index in [1.54, 1.807) is 6.08 Å². The number of rotatable bonds is 8. The number of benzene rings is 1. The van der Waals surface area contributed by atoms with Gasteiger partial charge in [0.2, 0.25) is 11.8 Å². The third-order valence-electron chi connectivity index (χ3n) is 5.03. The van der Waals surface area contributed by atoms with Gasteiger partial charge in [-0.15, -0.1) is 6.58 Å².